The van der Waals surface area contributed by atoms with E-state index in [1.54, 1.807) is 19.1 Å². The molecule has 0 saturated heterocycles. The van der Waals surface area contributed by atoms with Crippen LogP contribution in [0.3, 0.4) is 0 Å². The van der Waals surface area contributed by atoms with Crippen LogP contribution in [0.15, 0.2) is 41.8 Å². The Bertz CT molecular complexity index is 569. The summed E-state index contributed by atoms with van der Waals surface area (Å²) in [4.78, 5) is 7.85. The van der Waals surface area contributed by atoms with Crippen LogP contribution in [0.2, 0.25) is 5.15 Å². The molecular formula is C12H10ClFN4. The van der Waals surface area contributed by atoms with Gasteiger partial charge in [-0.1, -0.05) is 23.7 Å². The fourth-order valence-corrected chi connectivity index (χ4v) is 1.44. The van der Waals surface area contributed by atoms with Gasteiger partial charge in [0.05, 0.1) is 5.71 Å². The minimum Gasteiger partial charge on any atom is -0.259 e. The summed E-state index contributed by atoms with van der Waals surface area (Å²) in [7, 11) is 0. The van der Waals surface area contributed by atoms with E-state index in [1.807, 2.05) is 0 Å². The number of rotatable bonds is 3. The van der Waals surface area contributed by atoms with Crippen molar-refractivity contribution in [2.24, 2.45) is 5.10 Å². The average Bonchev–Trinajstić information content (AvgIpc) is 2.38. The molecule has 0 amide bonds. The highest BCUT2D eigenvalue weighted by atomic mass is 35.5. The second kappa shape index (κ2) is 5.55. The molecular weight excluding hydrogens is 255 g/mol. The third-order valence-electron chi connectivity index (χ3n) is 2.25. The summed E-state index contributed by atoms with van der Waals surface area (Å²) in [5.41, 5.74) is 4.22. The zero-order valence-corrected chi connectivity index (χ0v) is 10.3. The van der Waals surface area contributed by atoms with Gasteiger partial charge in [0.1, 0.15) is 5.82 Å². The minimum atomic E-state index is -0.281. The highest BCUT2D eigenvalue weighted by Crippen LogP contribution is 2.14. The maximum absolute atomic E-state index is 12.8. The van der Waals surface area contributed by atoms with Crippen molar-refractivity contribution in [2.45, 2.75) is 6.92 Å². The number of aromatic nitrogens is 2. The van der Waals surface area contributed by atoms with Crippen LogP contribution in [0.5, 0.6) is 0 Å². The Balaban J connectivity index is 2.14. The van der Waals surface area contributed by atoms with E-state index in [-0.39, 0.29) is 11.0 Å². The Morgan fingerprint density at radius 2 is 1.89 bits per heavy atom. The summed E-state index contributed by atoms with van der Waals surface area (Å²) in [6.07, 6.45) is 3.00. The van der Waals surface area contributed by atoms with Crippen LogP contribution in [-0.2, 0) is 0 Å². The zero-order valence-electron chi connectivity index (χ0n) is 9.56. The summed E-state index contributed by atoms with van der Waals surface area (Å²) in [6.45, 7) is 1.80. The Labute approximate surface area is 109 Å². The molecule has 6 heteroatoms. The maximum Gasteiger partial charge on any atom is 0.184 e. The van der Waals surface area contributed by atoms with Crippen LogP contribution in [0.4, 0.5) is 10.2 Å². The van der Waals surface area contributed by atoms with Crippen LogP contribution in [0.1, 0.15) is 12.5 Å². The van der Waals surface area contributed by atoms with Crippen molar-refractivity contribution in [2.75, 3.05) is 5.43 Å². The monoisotopic (exact) mass is 264 g/mol. The van der Waals surface area contributed by atoms with Gasteiger partial charge in [0.2, 0.25) is 0 Å². The molecule has 4 nitrogen and oxygen atoms in total. The Kier molecular flexibility index (Phi) is 3.84. The fraction of sp³-hybridized carbons (Fsp3) is 0.0833. The first-order valence-electron chi connectivity index (χ1n) is 5.19. The van der Waals surface area contributed by atoms with E-state index in [0.717, 1.165) is 5.56 Å². The van der Waals surface area contributed by atoms with Gasteiger partial charge >= 0.3 is 0 Å². The van der Waals surface area contributed by atoms with E-state index in [2.05, 4.69) is 20.5 Å². The van der Waals surface area contributed by atoms with E-state index >= 15 is 0 Å². The van der Waals surface area contributed by atoms with E-state index in [1.165, 1.54) is 24.5 Å². The number of hydrazone groups is 1. The smallest absolute Gasteiger partial charge is 0.184 e. The lowest BCUT2D eigenvalue weighted by Crippen LogP contribution is -2.01. The van der Waals surface area contributed by atoms with Crippen molar-refractivity contribution >= 4 is 23.1 Å². The summed E-state index contributed by atoms with van der Waals surface area (Å²) in [5.74, 6) is 0.0945. The van der Waals surface area contributed by atoms with Gasteiger partial charge in [-0.25, -0.2) is 14.4 Å². The van der Waals surface area contributed by atoms with Gasteiger partial charge in [-0.05, 0) is 24.6 Å². The summed E-state index contributed by atoms with van der Waals surface area (Å²) in [5, 5.41) is 4.36. The normalized spacial score (nSPS) is 11.4. The predicted octanol–water partition coefficient (Wildman–Crippen LogP) is 3.11. The number of anilines is 1. The lowest BCUT2D eigenvalue weighted by molar-refractivity contribution is 0.628. The number of nitrogens with zero attached hydrogens (tertiary/aromatic N) is 3. The van der Waals surface area contributed by atoms with Crippen LogP contribution in [0, 0.1) is 5.82 Å². The summed E-state index contributed by atoms with van der Waals surface area (Å²) in [6, 6.07) is 6.05. The van der Waals surface area contributed by atoms with E-state index in [9.17, 15) is 4.39 Å². The van der Waals surface area contributed by atoms with E-state index in [0.29, 0.717) is 11.5 Å². The molecule has 0 aliphatic heterocycles. The van der Waals surface area contributed by atoms with Crippen LogP contribution >= 0.6 is 11.6 Å². The number of hydrogen-bond donors (Lipinski definition) is 1. The molecule has 1 N–H and O–H groups in total. The largest absolute Gasteiger partial charge is 0.259 e. The first-order valence-corrected chi connectivity index (χ1v) is 5.57. The number of halogens is 2. The number of benzene rings is 1. The SMILES string of the molecule is C/C(=N/Nc1nccnc1Cl)c1ccc(F)cc1. The molecule has 0 spiro atoms. The van der Waals surface area contributed by atoms with Crippen molar-refractivity contribution < 1.29 is 4.39 Å². The van der Waals surface area contributed by atoms with E-state index in [4.69, 9.17) is 11.6 Å². The third-order valence-corrected chi connectivity index (χ3v) is 2.52. The van der Waals surface area contributed by atoms with Crippen LogP contribution < -0.4 is 5.43 Å². The standard InChI is InChI=1S/C12H10ClFN4/c1-8(9-2-4-10(14)5-3-9)17-18-12-11(13)15-6-7-16-12/h2-7H,1H3,(H,16,18)/b17-8-. The Hall–Kier alpha value is -2.01. The molecule has 0 fully saturated rings. The molecule has 92 valence electrons. The van der Waals surface area contributed by atoms with Gasteiger partial charge < -0.3 is 0 Å². The van der Waals surface area contributed by atoms with Gasteiger partial charge in [-0.3, -0.25) is 5.43 Å². The van der Waals surface area contributed by atoms with Crippen molar-refractivity contribution in [3.05, 3.63) is 53.2 Å². The molecule has 0 radical (unpaired) electrons. The van der Waals surface area contributed by atoms with E-state index < -0.39 is 0 Å². The Morgan fingerprint density at radius 1 is 1.22 bits per heavy atom. The van der Waals surface area contributed by atoms with Crippen LogP contribution in [0.25, 0.3) is 0 Å². The maximum atomic E-state index is 12.8. The van der Waals surface area contributed by atoms with Crippen molar-refractivity contribution in [1.29, 1.82) is 0 Å². The van der Waals surface area contributed by atoms with Crippen molar-refractivity contribution in [3.63, 3.8) is 0 Å². The molecule has 0 atom stereocenters. The molecule has 1 heterocycles. The second-order valence-corrected chi connectivity index (χ2v) is 3.87. The summed E-state index contributed by atoms with van der Waals surface area (Å²) >= 11 is 5.82. The third kappa shape index (κ3) is 3.01. The topological polar surface area (TPSA) is 50.2 Å². The first kappa shape index (κ1) is 12.4. The van der Waals surface area contributed by atoms with Gasteiger partial charge in [-0.15, -0.1) is 0 Å². The lowest BCUT2D eigenvalue weighted by Gasteiger charge is -2.03. The number of hydrogen-bond acceptors (Lipinski definition) is 4. The quantitative estimate of drug-likeness (QED) is 0.685. The van der Waals surface area contributed by atoms with Crippen LogP contribution in [-0.4, -0.2) is 15.7 Å². The fourth-order valence-electron chi connectivity index (χ4n) is 1.29. The lowest BCUT2D eigenvalue weighted by atomic mass is 10.1. The molecule has 0 saturated carbocycles. The molecule has 0 bridgehead atoms. The van der Waals surface area contributed by atoms with Gasteiger partial charge in [-0.2, -0.15) is 5.10 Å². The molecule has 2 aromatic rings. The van der Waals surface area contributed by atoms with Gasteiger partial charge in [0, 0.05) is 12.4 Å². The van der Waals surface area contributed by atoms with Crippen molar-refractivity contribution in [1.82, 2.24) is 9.97 Å². The number of nitrogens with one attached hydrogen (secondary N) is 1. The predicted molar refractivity (Wildman–Crippen MR) is 69.3 cm³/mol. The summed E-state index contributed by atoms with van der Waals surface area (Å²) < 4.78 is 12.8. The Morgan fingerprint density at radius 3 is 2.56 bits per heavy atom. The molecule has 0 aliphatic rings. The average molecular weight is 265 g/mol. The molecule has 2 rings (SSSR count). The highest BCUT2D eigenvalue weighted by molar-refractivity contribution is 6.31. The molecule has 1 aromatic heterocycles. The molecule has 1 aromatic carbocycles. The van der Waals surface area contributed by atoms with Crippen molar-refractivity contribution in [3.8, 4) is 0 Å². The van der Waals surface area contributed by atoms with Gasteiger partial charge in [0.25, 0.3) is 0 Å². The molecule has 18 heavy (non-hydrogen) atoms. The first-order chi connectivity index (χ1) is 8.66. The molecule has 0 aliphatic carbocycles. The zero-order chi connectivity index (χ0) is 13.0. The second-order valence-electron chi connectivity index (χ2n) is 3.51. The van der Waals surface area contributed by atoms with Gasteiger partial charge in [0.15, 0.2) is 11.0 Å². The molecule has 0 unspecified atom stereocenters. The minimum absolute atomic E-state index is 0.244. The highest BCUT2D eigenvalue weighted by Gasteiger charge is 2.01.